The fourth-order valence-electron chi connectivity index (χ4n) is 3.13. The molecule has 8 heteroatoms. The smallest absolute Gasteiger partial charge is 0.263 e. The van der Waals surface area contributed by atoms with Crippen molar-refractivity contribution < 1.29 is 9.53 Å². The van der Waals surface area contributed by atoms with E-state index in [9.17, 15) is 9.59 Å². The quantitative estimate of drug-likeness (QED) is 0.417. The number of rotatable bonds is 7. The number of halogens is 1. The number of aromatic nitrogens is 2. The molecule has 0 aliphatic carbocycles. The first-order valence-electron chi connectivity index (χ1n) is 9.80. The van der Waals surface area contributed by atoms with Gasteiger partial charge in [0.15, 0.2) is 0 Å². The first-order chi connectivity index (χ1) is 15.0. The summed E-state index contributed by atoms with van der Waals surface area (Å²) in [5, 5.41) is 5.77. The fraction of sp³-hybridized carbons (Fsp3) is 0.174. The first kappa shape index (κ1) is 21.1. The van der Waals surface area contributed by atoms with Gasteiger partial charge in [-0.2, -0.15) is 0 Å². The van der Waals surface area contributed by atoms with E-state index in [0.717, 1.165) is 23.3 Å². The van der Waals surface area contributed by atoms with Crippen molar-refractivity contribution in [2.24, 2.45) is 0 Å². The summed E-state index contributed by atoms with van der Waals surface area (Å²) in [5.74, 6) is 0.472. The number of anilines is 1. The van der Waals surface area contributed by atoms with E-state index < -0.39 is 0 Å². The molecule has 2 aromatic carbocycles. The van der Waals surface area contributed by atoms with Gasteiger partial charge in [0.25, 0.3) is 5.56 Å². The van der Waals surface area contributed by atoms with Crippen molar-refractivity contribution in [1.82, 2.24) is 9.55 Å². The van der Waals surface area contributed by atoms with E-state index in [-0.39, 0.29) is 18.0 Å². The van der Waals surface area contributed by atoms with Crippen LogP contribution >= 0.6 is 22.9 Å². The molecule has 0 bridgehead atoms. The lowest BCUT2D eigenvalue weighted by Gasteiger charge is -2.08. The van der Waals surface area contributed by atoms with Gasteiger partial charge in [0.2, 0.25) is 5.91 Å². The average Bonchev–Trinajstić information content (AvgIpc) is 3.21. The molecule has 4 rings (SSSR count). The number of thiophene rings is 1. The Balaban J connectivity index is 1.59. The maximum absolute atomic E-state index is 13.1. The minimum atomic E-state index is -0.320. The number of hydrogen-bond donors (Lipinski definition) is 1. The standard InChI is InChI=1S/C23H20ClN3O3S/c1-2-11-30-18-9-3-15(4-10-18)19-13-31-22-21(19)23(29)27(14-25-22)12-20(28)26-17-7-5-16(24)6-8-17/h3-10,13-14H,2,11-12H2,1H3,(H,26,28). The van der Waals surface area contributed by atoms with Gasteiger partial charge in [0.1, 0.15) is 17.1 Å². The van der Waals surface area contributed by atoms with E-state index in [1.165, 1.54) is 22.2 Å². The molecule has 2 heterocycles. The third-order valence-electron chi connectivity index (χ3n) is 4.64. The molecule has 1 N–H and O–H groups in total. The molecule has 0 aliphatic heterocycles. The van der Waals surface area contributed by atoms with Crippen LogP contribution in [0.25, 0.3) is 21.3 Å². The predicted molar refractivity (Wildman–Crippen MR) is 125 cm³/mol. The predicted octanol–water partition coefficient (Wildman–Crippen LogP) is 5.21. The van der Waals surface area contributed by atoms with Crippen molar-refractivity contribution in [2.45, 2.75) is 19.9 Å². The third kappa shape index (κ3) is 4.78. The molecule has 0 fully saturated rings. The summed E-state index contributed by atoms with van der Waals surface area (Å²) in [4.78, 5) is 30.6. The second kappa shape index (κ2) is 9.32. The number of ether oxygens (including phenoxy) is 1. The Labute approximate surface area is 188 Å². The van der Waals surface area contributed by atoms with E-state index in [4.69, 9.17) is 16.3 Å². The minimum absolute atomic E-state index is 0.135. The zero-order valence-electron chi connectivity index (χ0n) is 16.8. The van der Waals surface area contributed by atoms with Crippen LogP contribution in [-0.2, 0) is 11.3 Å². The normalized spacial score (nSPS) is 10.9. The number of benzene rings is 2. The molecule has 0 atom stereocenters. The van der Waals surface area contributed by atoms with Gasteiger partial charge in [0.05, 0.1) is 18.3 Å². The largest absolute Gasteiger partial charge is 0.494 e. The molecule has 0 saturated heterocycles. The number of fused-ring (bicyclic) bond motifs is 1. The molecule has 6 nitrogen and oxygen atoms in total. The molecule has 1 amide bonds. The number of carbonyl (C=O) groups is 1. The van der Waals surface area contributed by atoms with Crippen LogP contribution in [0.2, 0.25) is 5.02 Å². The maximum Gasteiger partial charge on any atom is 0.263 e. The van der Waals surface area contributed by atoms with E-state index >= 15 is 0 Å². The van der Waals surface area contributed by atoms with Crippen LogP contribution in [0.15, 0.2) is 65.0 Å². The molecule has 0 radical (unpaired) electrons. The lowest BCUT2D eigenvalue weighted by atomic mass is 10.1. The Morgan fingerprint density at radius 1 is 1.16 bits per heavy atom. The molecular weight excluding hydrogens is 434 g/mol. The van der Waals surface area contributed by atoms with Crippen molar-refractivity contribution in [3.05, 3.63) is 75.6 Å². The molecule has 2 aromatic heterocycles. The topological polar surface area (TPSA) is 73.2 Å². The second-order valence-corrected chi connectivity index (χ2v) is 8.23. The van der Waals surface area contributed by atoms with Gasteiger partial charge in [-0.05, 0) is 48.4 Å². The summed E-state index contributed by atoms with van der Waals surface area (Å²) in [7, 11) is 0. The zero-order chi connectivity index (χ0) is 21.8. The highest BCUT2D eigenvalue weighted by atomic mass is 35.5. The van der Waals surface area contributed by atoms with E-state index in [0.29, 0.717) is 27.5 Å². The number of nitrogens with zero attached hydrogens (tertiary/aromatic N) is 2. The zero-order valence-corrected chi connectivity index (χ0v) is 18.4. The van der Waals surface area contributed by atoms with Crippen LogP contribution in [0.1, 0.15) is 13.3 Å². The first-order valence-corrected chi connectivity index (χ1v) is 11.1. The summed E-state index contributed by atoms with van der Waals surface area (Å²) in [6.07, 6.45) is 2.35. The fourth-order valence-corrected chi connectivity index (χ4v) is 4.16. The minimum Gasteiger partial charge on any atom is -0.494 e. The molecule has 0 unspecified atom stereocenters. The Morgan fingerprint density at radius 2 is 1.90 bits per heavy atom. The summed E-state index contributed by atoms with van der Waals surface area (Å²) < 4.78 is 6.95. The number of hydrogen-bond acceptors (Lipinski definition) is 5. The second-order valence-electron chi connectivity index (χ2n) is 6.94. The molecule has 0 aliphatic rings. The molecule has 0 saturated carbocycles. The molecule has 4 aromatic rings. The van der Waals surface area contributed by atoms with Crippen molar-refractivity contribution >= 4 is 44.7 Å². The number of nitrogens with one attached hydrogen (secondary N) is 1. The lowest BCUT2D eigenvalue weighted by molar-refractivity contribution is -0.116. The summed E-state index contributed by atoms with van der Waals surface area (Å²) in [6, 6.07) is 14.4. The van der Waals surface area contributed by atoms with E-state index in [1.807, 2.05) is 29.6 Å². The molecule has 158 valence electrons. The lowest BCUT2D eigenvalue weighted by Crippen LogP contribution is -2.27. The maximum atomic E-state index is 13.1. The van der Waals surface area contributed by atoms with Crippen LogP contribution in [0.4, 0.5) is 5.69 Å². The van der Waals surface area contributed by atoms with Gasteiger partial charge in [-0.15, -0.1) is 11.3 Å². The van der Waals surface area contributed by atoms with Crippen LogP contribution in [-0.4, -0.2) is 22.1 Å². The Hall–Kier alpha value is -3.16. The van der Waals surface area contributed by atoms with Gasteiger partial charge in [-0.1, -0.05) is 30.7 Å². The summed E-state index contributed by atoms with van der Waals surface area (Å²) in [5.41, 5.74) is 2.06. The number of carbonyl (C=O) groups excluding carboxylic acids is 1. The van der Waals surface area contributed by atoms with E-state index in [1.54, 1.807) is 24.3 Å². The van der Waals surface area contributed by atoms with Gasteiger partial charge in [0, 0.05) is 21.7 Å². The van der Waals surface area contributed by atoms with Crippen molar-refractivity contribution in [3.63, 3.8) is 0 Å². The van der Waals surface area contributed by atoms with Crippen LogP contribution in [0.5, 0.6) is 5.75 Å². The summed E-state index contributed by atoms with van der Waals surface area (Å²) in [6.45, 7) is 2.58. The van der Waals surface area contributed by atoms with Gasteiger partial charge < -0.3 is 10.1 Å². The van der Waals surface area contributed by atoms with Gasteiger partial charge in [-0.25, -0.2) is 4.98 Å². The monoisotopic (exact) mass is 453 g/mol. The van der Waals surface area contributed by atoms with Gasteiger partial charge in [-0.3, -0.25) is 14.2 Å². The highest BCUT2D eigenvalue weighted by Crippen LogP contribution is 2.31. The van der Waals surface area contributed by atoms with Crippen molar-refractivity contribution in [1.29, 1.82) is 0 Å². The van der Waals surface area contributed by atoms with Crippen molar-refractivity contribution in [2.75, 3.05) is 11.9 Å². The average molecular weight is 454 g/mol. The highest BCUT2D eigenvalue weighted by molar-refractivity contribution is 7.17. The SMILES string of the molecule is CCCOc1ccc(-c2csc3ncn(CC(=O)Nc4ccc(Cl)cc4)c(=O)c23)cc1. The van der Waals surface area contributed by atoms with Crippen LogP contribution in [0, 0.1) is 0 Å². The van der Waals surface area contributed by atoms with Crippen molar-refractivity contribution in [3.8, 4) is 16.9 Å². The van der Waals surface area contributed by atoms with E-state index in [2.05, 4.69) is 17.2 Å². The molecular formula is C23H20ClN3O3S. The molecule has 0 spiro atoms. The Kier molecular flexibility index (Phi) is 6.34. The van der Waals surface area contributed by atoms with Gasteiger partial charge >= 0.3 is 0 Å². The summed E-state index contributed by atoms with van der Waals surface area (Å²) >= 11 is 7.27. The Morgan fingerprint density at radius 3 is 2.61 bits per heavy atom. The third-order valence-corrected chi connectivity index (χ3v) is 5.78. The molecule has 31 heavy (non-hydrogen) atoms. The Bertz CT molecular complexity index is 1260. The number of amides is 1. The van der Waals surface area contributed by atoms with Crippen LogP contribution < -0.4 is 15.6 Å². The highest BCUT2D eigenvalue weighted by Gasteiger charge is 2.15. The van der Waals surface area contributed by atoms with Crippen LogP contribution in [0.3, 0.4) is 0 Å².